The van der Waals surface area contributed by atoms with Crippen molar-refractivity contribution < 1.29 is 4.43 Å². The molecule has 0 unspecified atom stereocenters. The Bertz CT molecular complexity index is 375. The Morgan fingerprint density at radius 1 is 1.33 bits per heavy atom. The van der Waals surface area contributed by atoms with Gasteiger partial charge >= 0.3 is 0 Å². The summed E-state index contributed by atoms with van der Waals surface area (Å²) in [5.74, 6) is 0.822. The van der Waals surface area contributed by atoms with Crippen LogP contribution >= 0.6 is 0 Å². The first-order valence-electron chi connectivity index (χ1n) is 7.29. The van der Waals surface area contributed by atoms with Crippen molar-refractivity contribution in [1.82, 2.24) is 0 Å². The number of rotatable bonds is 3. The van der Waals surface area contributed by atoms with E-state index in [9.17, 15) is 0 Å². The van der Waals surface area contributed by atoms with Crippen molar-refractivity contribution >= 4 is 8.32 Å². The van der Waals surface area contributed by atoms with E-state index in [0.717, 1.165) is 12.5 Å². The Morgan fingerprint density at radius 3 is 2.28 bits per heavy atom. The average Bonchev–Trinajstić information content (AvgIpc) is 2.48. The van der Waals surface area contributed by atoms with Crippen LogP contribution in [0.1, 0.15) is 47.5 Å². The van der Waals surface area contributed by atoms with Gasteiger partial charge in [0, 0.05) is 12.0 Å². The van der Waals surface area contributed by atoms with E-state index in [4.69, 9.17) is 4.43 Å². The third-order valence-corrected chi connectivity index (χ3v) is 10.8. The first-order valence-corrected chi connectivity index (χ1v) is 10.2. The lowest BCUT2D eigenvalue weighted by atomic mass is 9.88. The van der Waals surface area contributed by atoms with E-state index in [2.05, 4.69) is 54.3 Å². The number of hydrogen-bond acceptors (Lipinski definition) is 1. The minimum atomic E-state index is -1.63. The molecule has 0 aliphatic heterocycles. The Labute approximate surface area is 114 Å². The van der Waals surface area contributed by atoms with E-state index in [-0.39, 0.29) is 0 Å². The van der Waals surface area contributed by atoms with Gasteiger partial charge in [-0.25, -0.2) is 0 Å². The van der Waals surface area contributed by atoms with Gasteiger partial charge in [-0.2, -0.15) is 0 Å². The predicted octanol–water partition coefficient (Wildman–Crippen LogP) is 5.00. The van der Waals surface area contributed by atoms with E-state index in [0.29, 0.717) is 15.9 Å². The zero-order valence-corrected chi connectivity index (χ0v) is 14.3. The van der Waals surface area contributed by atoms with Gasteiger partial charge in [-0.05, 0) is 42.3 Å². The van der Waals surface area contributed by atoms with Gasteiger partial charge in [0.1, 0.15) is 0 Å². The summed E-state index contributed by atoms with van der Waals surface area (Å²) in [7, 11) is -1.63. The predicted molar refractivity (Wildman–Crippen MR) is 81.2 cm³/mol. The van der Waals surface area contributed by atoms with Crippen molar-refractivity contribution in [2.45, 2.75) is 65.6 Å². The van der Waals surface area contributed by atoms with Gasteiger partial charge in [0.25, 0.3) is 0 Å². The van der Waals surface area contributed by atoms with E-state index in [1.54, 1.807) is 0 Å². The summed E-state index contributed by atoms with van der Waals surface area (Å²) in [6, 6.07) is 0. The molecule has 0 aromatic carbocycles. The minimum absolute atomic E-state index is 0.304. The minimum Gasteiger partial charge on any atom is -0.416 e. The molecule has 0 spiro atoms. The lowest BCUT2D eigenvalue weighted by Gasteiger charge is -2.38. The van der Waals surface area contributed by atoms with Crippen LogP contribution in [0.3, 0.4) is 0 Å². The van der Waals surface area contributed by atoms with Crippen molar-refractivity contribution in [3.8, 4) is 0 Å². The van der Waals surface area contributed by atoms with Crippen LogP contribution < -0.4 is 0 Å². The Balaban J connectivity index is 2.10. The second-order valence-corrected chi connectivity index (χ2v) is 13.2. The third-order valence-electron chi connectivity index (χ3n) is 6.37. The fourth-order valence-electron chi connectivity index (χ4n) is 3.72. The Kier molecular flexibility index (Phi) is 2.97. The van der Waals surface area contributed by atoms with Gasteiger partial charge in [-0.15, -0.1) is 0 Å². The molecule has 2 atom stereocenters. The molecule has 104 valence electrons. The molecule has 0 N–H and O–H groups in total. The van der Waals surface area contributed by atoms with Crippen LogP contribution in [0.5, 0.6) is 0 Å². The molecule has 0 saturated heterocycles. The molecule has 1 nitrogen and oxygen atoms in total. The van der Waals surface area contributed by atoms with Crippen LogP contribution in [0.2, 0.25) is 18.1 Å². The molecule has 18 heavy (non-hydrogen) atoms. The molecule has 2 aliphatic rings. The molecule has 2 fully saturated rings. The fraction of sp³-hybridized carbons (Fsp3) is 0.875. The van der Waals surface area contributed by atoms with Gasteiger partial charge in [0.2, 0.25) is 0 Å². The molecule has 0 amide bonds. The van der Waals surface area contributed by atoms with Gasteiger partial charge in [-0.1, -0.05) is 46.8 Å². The second-order valence-electron chi connectivity index (χ2n) is 8.44. The molecule has 2 saturated carbocycles. The highest BCUT2D eigenvalue weighted by atomic mass is 28.4. The summed E-state index contributed by atoms with van der Waals surface area (Å²) in [6.45, 7) is 21.7. The highest BCUT2D eigenvalue weighted by molar-refractivity contribution is 6.74. The first-order chi connectivity index (χ1) is 7.97. The van der Waals surface area contributed by atoms with Gasteiger partial charge in [0.05, 0.1) is 0 Å². The molecule has 0 aromatic rings. The van der Waals surface area contributed by atoms with Gasteiger partial charge in [-0.3, -0.25) is 0 Å². The van der Waals surface area contributed by atoms with Crippen molar-refractivity contribution in [3.05, 3.63) is 12.2 Å². The Morgan fingerprint density at radius 2 is 1.89 bits per heavy atom. The molecule has 2 rings (SSSR count). The zero-order chi connectivity index (χ0) is 14.0. The van der Waals surface area contributed by atoms with Gasteiger partial charge < -0.3 is 4.43 Å². The maximum absolute atomic E-state index is 6.51. The number of fused-ring (bicyclic) bond motifs is 1. The SMILES string of the molecule is C=C1CC[C@@H]2C(C)(C)[C@@]12CO[Si](C)(C)C(C)(C)C. The lowest BCUT2D eigenvalue weighted by molar-refractivity contribution is 0.209. The van der Waals surface area contributed by atoms with Crippen LogP contribution in [-0.4, -0.2) is 14.9 Å². The molecule has 2 heteroatoms. The molecule has 0 bridgehead atoms. The molecule has 0 radical (unpaired) electrons. The molecule has 0 aromatic heterocycles. The van der Waals surface area contributed by atoms with Crippen molar-refractivity contribution in [2.24, 2.45) is 16.7 Å². The summed E-state index contributed by atoms with van der Waals surface area (Å²) in [5, 5.41) is 0.304. The third kappa shape index (κ3) is 1.68. The summed E-state index contributed by atoms with van der Waals surface area (Å²) in [4.78, 5) is 0. The molecular formula is C16H30OSi. The van der Waals surface area contributed by atoms with Crippen molar-refractivity contribution in [1.29, 1.82) is 0 Å². The summed E-state index contributed by atoms with van der Waals surface area (Å²) < 4.78 is 6.51. The van der Waals surface area contributed by atoms with Crippen LogP contribution in [-0.2, 0) is 4.43 Å². The van der Waals surface area contributed by atoms with Crippen LogP contribution in [0.15, 0.2) is 12.2 Å². The summed E-state index contributed by atoms with van der Waals surface area (Å²) in [5.41, 5.74) is 2.18. The Hall–Kier alpha value is -0.0831. The lowest BCUT2D eigenvalue weighted by Crippen LogP contribution is -2.42. The average molecular weight is 267 g/mol. The maximum atomic E-state index is 6.51. The van der Waals surface area contributed by atoms with E-state index < -0.39 is 8.32 Å². The second kappa shape index (κ2) is 3.73. The zero-order valence-electron chi connectivity index (χ0n) is 13.3. The summed E-state index contributed by atoms with van der Waals surface area (Å²) in [6.07, 6.45) is 2.54. The highest BCUT2D eigenvalue weighted by Crippen LogP contribution is 2.78. The van der Waals surface area contributed by atoms with E-state index in [1.165, 1.54) is 18.4 Å². The number of hydrogen-bond donors (Lipinski definition) is 0. The van der Waals surface area contributed by atoms with Crippen molar-refractivity contribution in [2.75, 3.05) is 6.61 Å². The first kappa shape index (κ1) is 14.3. The van der Waals surface area contributed by atoms with E-state index in [1.807, 2.05) is 0 Å². The smallest absolute Gasteiger partial charge is 0.192 e. The monoisotopic (exact) mass is 266 g/mol. The summed E-state index contributed by atoms with van der Waals surface area (Å²) >= 11 is 0. The molecular weight excluding hydrogens is 236 g/mol. The van der Waals surface area contributed by atoms with E-state index >= 15 is 0 Å². The van der Waals surface area contributed by atoms with Crippen LogP contribution in [0.25, 0.3) is 0 Å². The quantitative estimate of drug-likeness (QED) is 0.516. The van der Waals surface area contributed by atoms with Gasteiger partial charge in [0.15, 0.2) is 8.32 Å². The largest absolute Gasteiger partial charge is 0.416 e. The van der Waals surface area contributed by atoms with Crippen LogP contribution in [0, 0.1) is 16.7 Å². The topological polar surface area (TPSA) is 9.23 Å². The van der Waals surface area contributed by atoms with Crippen LogP contribution in [0.4, 0.5) is 0 Å². The molecule has 2 aliphatic carbocycles. The standard InChI is InChI=1S/C16H30OSi/c1-12-9-10-13-15(5,6)16(12,13)11-17-18(7,8)14(2,3)4/h13H,1,9-11H2,2-8H3/t13-,16+/m1/s1. The van der Waals surface area contributed by atoms with Crippen molar-refractivity contribution in [3.63, 3.8) is 0 Å². The molecule has 0 heterocycles. The fourth-order valence-corrected chi connectivity index (χ4v) is 4.74. The normalized spacial score (nSPS) is 34.6. The maximum Gasteiger partial charge on any atom is 0.192 e. The highest BCUT2D eigenvalue weighted by Gasteiger charge is 2.74.